The predicted octanol–water partition coefficient (Wildman–Crippen LogP) is 16.0. The standard InChI is InChI=1S/C16H22N4OSi.C14H20BrNOSi.C10H14N2O2.C9H15BN2O2.C9H12N2O2S.C7H5BrN2.C5H6N2.C4H7ClO2S.ClH/c1-22(2,3)9-8-21-12-20-7-5-15-14(4-6-17-16(15)20)13-10-18-19-11-13;1-18(2,3)9-8-17-10-11-4-5-12-13(15)6-7-16-14(11)12;1-10(2,3)14-9(13)12-6-8(7-12)5-11-4;1-8(2)9(3,4)14-10(13-8)7-5-11-12-6-7;1-9(3-4-9)14(12,13)11-6-8(7-11)5-10-2;8-6-2-4-10-7-5(6)1-3-9-7;1-6-2-5-3-7-4-5;1-4(2-3-4)8(5,6)7;/h4-7,10-11H,8-9,12H2,1-3H3,(H,18,19);4-7,11H,8-10H2,1-3H3;5H,6-7H2,1-3H3;5-6H,1-4H3,(H,11,12);5H,3-4,6-7H2,1H3;1-4H,(H,9,10);2,7H,3-4H2;2-3H2,1H3;1H. The van der Waals surface area contributed by atoms with Gasteiger partial charge in [-0.1, -0.05) is 67.4 Å². The van der Waals surface area contributed by atoms with E-state index in [0.29, 0.717) is 38.8 Å². The van der Waals surface area contributed by atoms with Gasteiger partial charge in [0.25, 0.3) is 0 Å². The Labute approximate surface area is 667 Å². The van der Waals surface area contributed by atoms with E-state index in [0.717, 1.165) is 123 Å². The van der Waals surface area contributed by atoms with Crippen molar-refractivity contribution in [2.24, 2.45) is 0 Å². The molecule has 34 heteroatoms. The number of hydrogen-bond donors (Lipinski definition) is 4. The molecule has 1 atom stereocenters. The monoisotopic (exact) mass is 1720 g/mol. The van der Waals surface area contributed by atoms with Crippen molar-refractivity contribution < 1.29 is 45.1 Å². The molecule has 7 aromatic rings. The number of carbonyl (C=O) groups excluding carboxylic acids is 1. The van der Waals surface area contributed by atoms with Crippen molar-refractivity contribution in [1.82, 2.24) is 59.4 Å². The Kier molecular flexibility index (Phi) is 32.6. The highest BCUT2D eigenvalue weighted by Crippen LogP contribution is 2.47. The molecule has 108 heavy (non-hydrogen) atoms. The Morgan fingerprint density at radius 3 is 1.79 bits per heavy atom. The van der Waals surface area contributed by atoms with Gasteiger partial charge in [-0.2, -0.15) is 14.5 Å². The average Bonchev–Trinajstić information content (AvgIpc) is 1.58. The van der Waals surface area contributed by atoms with E-state index in [9.17, 15) is 21.6 Å². The SMILES string of the molecule is Brc1ccnc2[nH]ccc12.CC1(C)OB(c2cn[nH]c2)OC1(C)C.CC1(S(=O)(=O)Cl)CC1.C[Si](C)(C)CCOCC1C=Cc2c(Br)ccnc21.C[Si](C)(C)CCOCn1ccc2c(-c3cn[nH]c3)ccnc21.Cl.[C-]#[N+]C=C1CN(C(=O)OC(C)(C)C)C1.[C-]#[N+]C=C1CN(S(=O)(=O)C2(C)CC2)C1.[C-]#[N+]C=C1CNC1. The molecule has 4 saturated heterocycles. The van der Waals surface area contributed by atoms with Crippen molar-refractivity contribution in [1.29, 1.82) is 0 Å². The number of likely N-dealkylation sites (tertiary alicyclic amines) is 1. The van der Waals surface area contributed by atoms with Gasteiger partial charge in [0.15, 0.2) is 18.6 Å². The number of nitrogens with one attached hydrogen (secondary N) is 4. The van der Waals surface area contributed by atoms with Crippen molar-refractivity contribution in [3.8, 4) is 11.1 Å². The summed E-state index contributed by atoms with van der Waals surface area (Å²) >= 11 is 6.97. The maximum atomic E-state index is 11.9. The number of sulfonamides is 1. The molecule has 14 rings (SSSR count). The number of H-pyrrole nitrogens is 3. The van der Waals surface area contributed by atoms with Gasteiger partial charge in [0.2, 0.25) is 19.1 Å². The van der Waals surface area contributed by atoms with Crippen molar-refractivity contribution in [3.05, 3.63) is 182 Å². The van der Waals surface area contributed by atoms with E-state index < -0.39 is 50.3 Å². The fourth-order valence-electron chi connectivity index (χ4n) is 10.1. The van der Waals surface area contributed by atoms with Crippen LogP contribution < -0.4 is 10.8 Å². The molecule has 2 saturated carbocycles. The van der Waals surface area contributed by atoms with Crippen LogP contribution in [0.5, 0.6) is 0 Å². The summed E-state index contributed by atoms with van der Waals surface area (Å²) in [6.07, 6.45) is 28.1. The highest BCUT2D eigenvalue weighted by molar-refractivity contribution is 9.11. The second-order valence-corrected chi connectivity index (χ2v) is 50.1. The fourth-order valence-corrected chi connectivity index (χ4v) is 15.4. The number of fused-ring (bicyclic) bond motifs is 3. The molecule has 4 aliphatic heterocycles. The number of amides is 1. The van der Waals surface area contributed by atoms with Crippen LogP contribution in [0.1, 0.15) is 105 Å². The van der Waals surface area contributed by atoms with Crippen LogP contribution in [0.3, 0.4) is 0 Å². The number of pyridine rings is 3. The molecule has 0 radical (unpaired) electrons. The highest BCUT2D eigenvalue weighted by atomic mass is 79.9. The Morgan fingerprint density at radius 1 is 0.731 bits per heavy atom. The van der Waals surface area contributed by atoms with Gasteiger partial charge in [-0.25, -0.2) is 46.1 Å². The molecule has 584 valence electrons. The van der Waals surface area contributed by atoms with Crippen LogP contribution in [-0.2, 0) is 49.3 Å². The van der Waals surface area contributed by atoms with Gasteiger partial charge in [0.1, 0.15) is 23.6 Å². The largest absolute Gasteiger partial charge is 0.498 e. The Hall–Kier alpha value is -6.65. The van der Waals surface area contributed by atoms with E-state index in [1.807, 2.05) is 110 Å². The number of halogens is 4. The lowest BCUT2D eigenvalue weighted by Gasteiger charge is -2.35. The molecule has 6 fully saturated rings. The third-order valence-electron chi connectivity index (χ3n) is 18.4. The zero-order valence-corrected chi connectivity index (χ0v) is 72.7. The quantitative estimate of drug-likeness (QED) is 0.0321. The first kappa shape index (κ1) is 90.2. The van der Waals surface area contributed by atoms with Crippen LogP contribution in [0.15, 0.2) is 136 Å². The molecule has 7 aliphatic rings. The first-order chi connectivity index (χ1) is 50.1. The van der Waals surface area contributed by atoms with Gasteiger partial charge in [-0.05, 0) is 169 Å². The minimum Gasteiger partial charge on any atom is -0.444 e. The highest BCUT2D eigenvalue weighted by Gasteiger charge is 2.55. The number of nitrogens with zero attached hydrogens (tertiary/aromatic N) is 11. The van der Waals surface area contributed by atoms with Crippen LogP contribution in [0.4, 0.5) is 4.79 Å². The van der Waals surface area contributed by atoms with E-state index in [4.69, 9.17) is 53.9 Å². The predicted molar refractivity (Wildman–Crippen MR) is 445 cm³/mol. The lowest BCUT2D eigenvalue weighted by atomic mass is 9.82. The fraction of sp³-hybridized carbons (Fsp3) is 0.500. The van der Waals surface area contributed by atoms with Gasteiger partial charge in [0, 0.05) is 171 Å². The maximum Gasteiger partial charge on any atom is 0.498 e. The molecule has 1 amide bonds. The van der Waals surface area contributed by atoms with Crippen LogP contribution in [0.25, 0.3) is 53.8 Å². The Morgan fingerprint density at radius 2 is 1.29 bits per heavy atom. The lowest BCUT2D eigenvalue weighted by molar-refractivity contribution is 0.00578. The zero-order valence-electron chi connectivity index (χ0n) is 64.3. The summed E-state index contributed by atoms with van der Waals surface area (Å²) in [7, 11) is -3.63. The summed E-state index contributed by atoms with van der Waals surface area (Å²) in [6, 6.07) is 12.4. The number of carbonyl (C=O) groups is 1. The molecule has 0 bridgehead atoms. The molecule has 3 aliphatic carbocycles. The van der Waals surface area contributed by atoms with Gasteiger partial charge < -0.3 is 43.3 Å². The van der Waals surface area contributed by atoms with Gasteiger partial charge in [-0.3, -0.25) is 15.2 Å². The number of ether oxygens (including phenoxy) is 3. The third kappa shape index (κ3) is 26.5. The van der Waals surface area contributed by atoms with E-state index in [2.05, 4.69) is 154 Å². The number of aromatic amines is 3. The average molecular weight is 1720 g/mol. The van der Waals surface area contributed by atoms with E-state index in [1.54, 1.807) is 43.5 Å². The normalized spacial score (nSPS) is 17.8. The molecule has 11 heterocycles. The summed E-state index contributed by atoms with van der Waals surface area (Å²) in [5, 5.41) is 18.8. The first-order valence-corrected chi connectivity index (χ1v) is 48.0. The van der Waals surface area contributed by atoms with Gasteiger partial charge in [0.05, 0.1) is 58.9 Å². The van der Waals surface area contributed by atoms with E-state index in [1.165, 1.54) is 39.9 Å². The second-order valence-electron chi connectivity index (χ2n) is 31.6. The maximum absolute atomic E-state index is 11.9. The molecular weight excluding hydrogens is 1620 g/mol. The van der Waals surface area contributed by atoms with Crippen LogP contribution in [0, 0.1) is 19.7 Å². The summed E-state index contributed by atoms with van der Waals surface area (Å²) in [4.78, 5) is 38.4. The minimum absolute atomic E-state index is 0. The minimum atomic E-state index is -3.26. The molecule has 25 nitrogen and oxygen atoms in total. The van der Waals surface area contributed by atoms with E-state index >= 15 is 0 Å². The molecule has 0 aromatic carbocycles. The molecule has 0 spiro atoms. The van der Waals surface area contributed by atoms with Gasteiger partial charge >= 0.3 is 13.2 Å². The van der Waals surface area contributed by atoms with Crippen LogP contribution in [0.2, 0.25) is 51.4 Å². The van der Waals surface area contributed by atoms with Crippen molar-refractivity contribution >= 4 is 137 Å². The molecule has 4 N–H and O–H groups in total. The number of aromatic nitrogens is 9. The van der Waals surface area contributed by atoms with Crippen molar-refractivity contribution in [3.63, 3.8) is 0 Å². The Bertz CT molecular complexity index is 4610. The summed E-state index contributed by atoms with van der Waals surface area (Å²) in [6.45, 7) is 57.6. The molecule has 7 aromatic heterocycles. The summed E-state index contributed by atoms with van der Waals surface area (Å²) in [5.41, 5.74) is 9.46. The van der Waals surface area contributed by atoms with Crippen molar-refractivity contribution in [2.75, 3.05) is 59.1 Å². The van der Waals surface area contributed by atoms with Crippen LogP contribution in [-0.4, -0.2) is 186 Å². The van der Waals surface area contributed by atoms with Crippen molar-refractivity contribution in [2.45, 2.75) is 178 Å². The zero-order chi connectivity index (χ0) is 78.8. The summed E-state index contributed by atoms with van der Waals surface area (Å²) < 4.78 is 77.8. The van der Waals surface area contributed by atoms with E-state index in [-0.39, 0.29) is 36.8 Å². The third-order valence-corrected chi connectivity index (χ3v) is 28.4. The first-order valence-electron chi connectivity index (χ1n) is 35.2. The molecule has 1 unspecified atom stereocenters. The van der Waals surface area contributed by atoms with Gasteiger partial charge in [-0.15, -0.1) is 12.4 Å². The smallest absolute Gasteiger partial charge is 0.444 e. The topological polar surface area (TPSA) is 280 Å². The Balaban J connectivity index is 0.000000197. The number of rotatable bonds is 15. The summed E-state index contributed by atoms with van der Waals surface area (Å²) in [5.74, 6) is 0.319. The van der Waals surface area contributed by atoms with Crippen LogP contribution >= 0.6 is 54.9 Å². The second kappa shape index (κ2) is 39.0. The lowest BCUT2D eigenvalue weighted by Crippen LogP contribution is -2.48. The number of hydrogen-bond acceptors (Lipinski definition) is 16. The molecular formula is C74H102BBr2Cl2N15O10S2Si2.